The SMILES string of the molecule is COCc1ccc(C(C)=O)c2sc(C(=O)Nc3ccc4c(C(=O)OC)cccc4n3)c(C)c12. The maximum absolute atomic E-state index is 13.2. The number of thiophene rings is 1. The third-order valence-electron chi connectivity index (χ3n) is 5.43. The molecular formula is C25H22N2O5S. The molecule has 0 atom stereocenters. The summed E-state index contributed by atoms with van der Waals surface area (Å²) in [7, 11) is 2.93. The maximum Gasteiger partial charge on any atom is 0.338 e. The van der Waals surface area contributed by atoms with Crippen LogP contribution in [0.15, 0.2) is 42.5 Å². The van der Waals surface area contributed by atoms with Gasteiger partial charge in [0.1, 0.15) is 5.82 Å². The van der Waals surface area contributed by atoms with Crippen molar-refractivity contribution in [1.29, 1.82) is 0 Å². The Hall–Kier alpha value is -3.62. The van der Waals surface area contributed by atoms with Gasteiger partial charge in [0, 0.05) is 28.1 Å². The molecule has 0 saturated carbocycles. The summed E-state index contributed by atoms with van der Waals surface area (Å²) < 4.78 is 10.9. The van der Waals surface area contributed by atoms with Crippen LogP contribution in [0.1, 0.15) is 48.4 Å². The third kappa shape index (κ3) is 4.10. The van der Waals surface area contributed by atoms with Crippen LogP contribution < -0.4 is 5.32 Å². The molecule has 168 valence electrons. The number of aryl methyl sites for hydroxylation is 1. The molecule has 0 radical (unpaired) electrons. The van der Waals surface area contributed by atoms with Gasteiger partial charge in [0.2, 0.25) is 0 Å². The van der Waals surface area contributed by atoms with Crippen molar-refractivity contribution in [2.75, 3.05) is 19.5 Å². The fourth-order valence-corrected chi connectivity index (χ4v) is 5.20. The largest absolute Gasteiger partial charge is 0.465 e. The Labute approximate surface area is 194 Å². The summed E-state index contributed by atoms with van der Waals surface area (Å²) >= 11 is 1.28. The van der Waals surface area contributed by atoms with Gasteiger partial charge >= 0.3 is 5.97 Å². The number of methoxy groups -OCH3 is 2. The van der Waals surface area contributed by atoms with Crippen LogP contribution in [-0.2, 0) is 16.1 Å². The van der Waals surface area contributed by atoms with Crippen LogP contribution in [0.25, 0.3) is 21.0 Å². The highest BCUT2D eigenvalue weighted by atomic mass is 32.1. The summed E-state index contributed by atoms with van der Waals surface area (Å²) in [5, 5.41) is 4.35. The standard InChI is InChI=1S/C25H22N2O5S/c1-13-21-15(12-31-3)8-9-16(14(2)28)23(21)33-22(13)24(29)27-20-11-10-17-18(25(30)32-4)6-5-7-19(17)26-20/h5-11H,12H2,1-4H3,(H,26,27,29). The number of benzene rings is 2. The average molecular weight is 463 g/mol. The van der Waals surface area contributed by atoms with Gasteiger partial charge in [-0.25, -0.2) is 9.78 Å². The van der Waals surface area contributed by atoms with Crippen molar-refractivity contribution in [2.24, 2.45) is 0 Å². The first-order valence-electron chi connectivity index (χ1n) is 10.2. The summed E-state index contributed by atoms with van der Waals surface area (Å²) in [6.07, 6.45) is 0. The Morgan fingerprint density at radius 2 is 1.82 bits per heavy atom. The third-order valence-corrected chi connectivity index (χ3v) is 6.75. The minimum Gasteiger partial charge on any atom is -0.465 e. The zero-order valence-corrected chi connectivity index (χ0v) is 19.5. The lowest BCUT2D eigenvalue weighted by Gasteiger charge is -2.08. The summed E-state index contributed by atoms with van der Waals surface area (Å²) in [6.45, 7) is 3.76. The molecule has 0 aliphatic carbocycles. The van der Waals surface area contributed by atoms with E-state index >= 15 is 0 Å². The van der Waals surface area contributed by atoms with Crippen molar-refractivity contribution in [3.8, 4) is 0 Å². The zero-order chi connectivity index (χ0) is 23.7. The number of hydrogen-bond donors (Lipinski definition) is 1. The molecule has 0 unspecified atom stereocenters. The summed E-state index contributed by atoms with van der Waals surface area (Å²) in [4.78, 5) is 42.3. The lowest BCUT2D eigenvalue weighted by atomic mass is 10.0. The van der Waals surface area contributed by atoms with E-state index < -0.39 is 5.97 Å². The number of nitrogens with one attached hydrogen (secondary N) is 1. The van der Waals surface area contributed by atoms with Crippen LogP contribution >= 0.6 is 11.3 Å². The second-order valence-corrected chi connectivity index (χ2v) is 8.56. The van der Waals surface area contributed by atoms with E-state index in [2.05, 4.69) is 10.3 Å². The fourth-order valence-electron chi connectivity index (χ4n) is 3.89. The molecule has 33 heavy (non-hydrogen) atoms. The lowest BCUT2D eigenvalue weighted by molar-refractivity contribution is 0.0602. The number of carbonyl (C=O) groups excluding carboxylic acids is 3. The predicted molar refractivity (Wildman–Crippen MR) is 128 cm³/mol. The van der Waals surface area contributed by atoms with Gasteiger partial charge in [-0.1, -0.05) is 12.1 Å². The van der Waals surface area contributed by atoms with Crippen molar-refractivity contribution in [1.82, 2.24) is 4.98 Å². The van der Waals surface area contributed by atoms with Gasteiger partial charge in [-0.15, -0.1) is 11.3 Å². The molecule has 0 saturated heterocycles. The Balaban J connectivity index is 1.73. The highest BCUT2D eigenvalue weighted by molar-refractivity contribution is 7.21. The van der Waals surface area contributed by atoms with Gasteiger partial charge in [0.15, 0.2) is 5.78 Å². The van der Waals surface area contributed by atoms with Crippen molar-refractivity contribution in [3.05, 3.63) is 69.6 Å². The van der Waals surface area contributed by atoms with Gasteiger partial charge in [0.05, 0.1) is 29.7 Å². The quantitative estimate of drug-likeness (QED) is 0.315. The van der Waals surface area contributed by atoms with Gasteiger partial charge in [0.25, 0.3) is 5.91 Å². The van der Waals surface area contributed by atoms with Crippen molar-refractivity contribution in [3.63, 3.8) is 0 Å². The molecular weight excluding hydrogens is 440 g/mol. The van der Waals surface area contributed by atoms with E-state index in [1.807, 2.05) is 13.0 Å². The summed E-state index contributed by atoms with van der Waals surface area (Å²) in [6, 6.07) is 12.2. The number of Topliss-reactive ketones (excluding diaryl/α,β-unsaturated/α-hetero) is 1. The zero-order valence-electron chi connectivity index (χ0n) is 18.6. The Morgan fingerprint density at radius 1 is 1.03 bits per heavy atom. The number of hydrogen-bond acceptors (Lipinski definition) is 7. The molecule has 1 N–H and O–H groups in total. The van der Waals surface area contributed by atoms with Gasteiger partial charge in [-0.3, -0.25) is 9.59 Å². The number of ketones is 1. The predicted octanol–water partition coefficient (Wildman–Crippen LogP) is 5.15. The molecule has 2 aromatic carbocycles. The molecule has 7 nitrogen and oxygen atoms in total. The van der Waals surface area contributed by atoms with E-state index in [1.165, 1.54) is 25.4 Å². The molecule has 0 bridgehead atoms. The number of pyridine rings is 1. The van der Waals surface area contributed by atoms with Gasteiger partial charge < -0.3 is 14.8 Å². The molecule has 8 heteroatoms. The van der Waals surface area contributed by atoms with Crippen LogP contribution in [0.3, 0.4) is 0 Å². The number of aromatic nitrogens is 1. The van der Waals surface area contributed by atoms with E-state index in [-0.39, 0.29) is 11.7 Å². The summed E-state index contributed by atoms with van der Waals surface area (Å²) in [5.41, 5.74) is 3.25. The molecule has 2 heterocycles. The molecule has 0 fully saturated rings. The highest BCUT2D eigenvalue weighted by Crippen LogP contribution is 2.37. The minimum absolute atomic E-state index is 0.0604. The van der Waals surface area contributed by atoms with Crippen LogP contribution in [-0.4, -0.2) is 36.9 Å². The number of nitrogens with zero attached hydrogens (tertiary/aromatic N) is 1. The normalized spacial score (nSPS) is 11.0. The van der Waals surface area contributed by atoms with Crippen molar-refractivity contribution >= 4 is 55.8 Å². The number of ether oxygens (including phenoxy) is 2. The monoisotopic (exact) mass is 462 g/mol. The fraction of sp³-hybridized carbons (Fsp3) is 0.200. The maximum atomic E-state index is 13.2. The minimum atomic E-state index is -0.451. The second kappa shape index (κ2) is 9.09. The molecule has 0 aliphatic rings. The van der Waals surface area contributed by atoms with Crippen molar-refractivity contribution in [2.45, 2.75) is 20.5 Å². The van der Waals surface area contributed by atoms with Crippen molar-refractivity contribution < 1.29 is 23.9 Å². The topological polar surface area (TPSA) is 94.6 Å². The number of amides is 1. The number of rotatable bonds is 6. The number of anilines is 1. The van der Waals surface area contributed by atoms with Crippen LogP contribution in [0.4, 0.5) is 5.82 Å². The molecule has 1 amide bonds. The first kappa shape index (κ1) is 22.6. The second-order valence-electron chi connectivity index (χ2n) is 7.54. The van der Waals surface area contributed by atoms with Gasteiger partial charge in [-0.05, 0) is 55.3 Å². The number of fused-ring (bicyclic) bond motifs is 2. The Morgan fingerprint density at radius 3 is 2.52 bits per heavy atom. The van der Waals surface area contributed by atoms with E-state index in [9.17, 15) is 14.4 Å². The van der Waals surface area contributed by atoms with E-state index in [4.69, 9.17) is 9.47 Å². The van der Waals surface area contributed by atoms with E-state index in [0.29, 0.717) is 39.3 Å². The van der Waals surface area contributed by atoms with E-state index in [1.54, 1.807) is 43.5 Å². The Kier molecular flexibility index (Phi) is 6.22. The van der Waals surface area contributed by atoms with Crippen LogP contribution in [0.5, 0.6) is 0 Å². The number of esters is 1. The Bertz CT molecular complexity index is 1420. The summed E-state index contributed by atoms with van der Waals surface area (Å²) in [5.74, 6) is -0.471. The molecule has 4 rings (SSSR count). The average Bonchev–Trinajstić information content (AvgIpc) is 3.15. The van der Waals surface area contributed by atoms with Crippen LogP contribution in [0, 0.1) is 6.92 Å². The molecule has 0 aliphatic heterocycles. The molecule has 2 aromatic heterocycles. The lowest BCUT2D eigenvalue weighted by Crippen LogP contribution is -2.12. The molecule has 4 aromatic rings. The van der Waals surface area contributed by atoms with Gasteiger partial charge in [-0.2, -0.15) is 0 Å². The van der Waals surface area contributed by atoms with E-state index in [0.717, 1.165) is 21.2 Å². The molecule has 0 spiro atoms. The smallest absolute Gasteiger partial charge is 0.338 e. The first-order valence-corrected chi connectivity index (χ1v) is 11.0. The first-order chi connectivity index (χ1) is 15.8. The van der Waals surface area contributed by atoms with Crippen LogP contribution in [0.2, 0.25) is 0 Å². The number of carbonyl (C=O) groups is 3. The highest BCUT2D eigenvalue weighted by Gasteiger charge is 2.22.